The predicted molar refractivity (Wildman–Crippen MR) is 226 cm³/mol. The normalized spacial score (nSPS) is 11.5. The first-order valence-electron chi connectivity index (χ1n) is 17.6. The molecule has 0 saturated heterocycles. The molecule has 0 unspecified atom stereocenters. The molecule has 0 bridgehead atoms. The van der Waals surface area contributed by atoms with E-state index in [1.54, 1.807) is 0 Å². The molecule has 0 heterocycles. The third-order valence-electron chi connectivity index (χ3n) is 9.39. The van der Waals surface area contributed by atoms with E-state index in [0.29, 0.717) is 0 Å². The van der Waals surface area contributed by atoms with E-state index in [-0.39, 0.29) is 0 Å². The predicted octanol–water partition coefficient (Wildman–Crippen LogP) is 11.0. The van der Waals surface area contributed by atoms with Crippen LogP contribution in [0.1, 0.15) is 0 Å². The standard InChI is InChI=1S/C48H38N2P2/c1-7-23-39(24-8-1)51(40-25-9-2-10-26-40,41-27-11-3-12-28-41)49-47-37-21-19-35-45(47)46-36-20-22-38-48(46)50-52(42-29-13-4-14-30-42,43-31-15-5-16-32-43)44-33-17-6-18-34-44/h1-38H. The molecule has 0 radical (unpaired) electrons. The van der Waals surface area contributed by atoms with Gasteiger partial charge in [0.05, 0.1) is 25.5 Å². The Bertz CT molecular complexity index is 2110. The molecule has 0 amide bonds. The van der Waals surface area contributed by atoms with Gasteiger partial charge in [-0.25, -0.2) is 0 Å². The topological polar surface area (TPSA) is 24.7 Å². The molecule has 0 fully saturated rings. The van der Waals surface area contributed by atoms with Gasteiger partial charge in [-0.05, 0) is 12.1 Å². The van der Waals surface area contributed by atoms with E-state index >= 15 is 0 Å². The molecular weight excluding hydrogens is 666 g/mol. The molecule has 0 aliphatic rings. The van der Waals surface area contributed by atoms with Gasteiger partial charge in [0.2, 0.25) is 0 Å². The Morgan fingerprint density at radius 3 is 0.635 bits per heavy atom. The average molecular weight is 705 g/mol. The summed E-state index contributed by atoms with van der Waals surface area (Å²) in [4.78, 5) is 0. The zero-order valence-electron chi connectivity index (χ0n) is 28.7. The molecule has 250 valence electrons. The smallest absolute Gasteiger partial charge is 0.0704 e. The summed E-state index contributed by atoms with van der Waals surface area (Å²) in [5.74, 6) is 0. The first-order chi connectivity index (χ1) is 25.8. The van der Waals surface area contributed by atoms with Crippen molar-refractivity contribution >= 4 is 57.3 Å². The molecule has 8 aromatic rings. The minimum Gasteiger partial charge on any atom is -0.253 e. The van der Waals surface area contributed by atoms with E-state index in [1.807, 2.05) is 0 Å². The van der Waals surface area contributed by atoms with E-state index in [0.717, 1.165) is 22.5 Å². The first-order valence-corrected chi connectivity index (χ1v) is 21.0. The lowest BCUT2D eigenvalue weighted by atomic mass is 10.0. The number of hydrogen-bond donors (Lipinski definition) is 0. The third-order valence-corrected chi connectivity index (χ3v) is 16.7. The minimum absolute atomic E-state index is 0.943. The van der Waals surface area contributed by atoms with Gasteiger partial charge >= 0.3 is 0 Å². The van der Waals surface area contributed by atoms with Crippen LogP contribution in [0.5, 0.6) is 0 Å². The Morgan fingerprint density at radius 2 is 0.404 bits per heavy atom. The molecule has 0 aromatic heterocycles. The van der Waals surface area contributed by atoms with Crippen LogP contribution in [0.4, 0.5) is 11.4 Å². The van der Waals surface area contributed by atoms with Gasteiger partial charge in [-0.3, -0.25) is 9.49 Å². The van der Waals surface area contributed by atoms with Crippen LogP contribution in [0.25, 0.3) is 11.1 Å². The highest BCUT2D eigenvalue weighted by Crippen LogP contribution is 2.54. The second-order valence-electron chi connectivity index (χ2n) is 12.5. The second kappa shape index (κ2) is 15.2. The van der Waals surface area contributed by atoms with Gasteiger partial charge in [-0.2, -0.15) is 0 Å². The highest BCUT2D eigenvalue weighted by atomic mass is 31.2. The molecule has 8 rings (SSSR count). The lowest BCUT2D eigenvalue weighted by Crippen LogP contribution is -2.25. The second-order valence-corrected chi connectivity index (χ2v) is 18.6. The molecule has 2 nitrogen and oxygen atoms in total. The Balaban J connectivity index is 1.45. The number of rotatable bonds is 9. The molecular formula is C48H38N2P2. The van der Waals surface area contributed by atoms with Crippen molar-refractivity contribution in [3.8, 4) is 11.1 Å². The zero-order valence-corrected chi connectivity index (χ0v) is 30.5. The van der Waals surface area contributed by atoms with Crippen molar-refractivity contribution in [1.29, 1.82) is 0 Å². The fourth-order valence-electron chi connectivity index (χ4n) is 7.00. The largest absolute Gasteiger partial charge is 0.253 e. The quantitative estimate of drug-likeness (QED) is 0.134. The third kappa shape index (κ3) is 6.33. The Hall–Kier alpha value is -5.78. The van der Waals surface area contributed by atoms with Crippen molar-refractivity contribution in [2.75, 3.05) is 0 Å². The number of benzene rings is 8. The number of nitrogens with zero attached hydrogens (tertiary/aromatic N) is 2. The van der Waals surface area contributed by atoms with Gasteiger partial charge in [0.15, 0.2) is 0 Å². The van der Waals surface area contributed by atoms with Gasteiger partial charge < -0.3 is 0 Å². The van der Waals surface area contributed by atoms with Gasteiger partial charge in [0.25, 0.3) is 0 Å². The average Bonchev–Trinajstić information content (AvgIpc) is 3.24. The van der Waals surface area contributed by atoms with E-state index in [4.69, 9.17) is 9.49 Å². The van der Waals surface area contributed by atoms with Crippen LogP contribution in [0, 0.1) is 0 Å². The van der Waals surface area contributed by atoms with E-state index < -0.39 is 14.1 Å². The summed E-state index contributed by atoms with van der Waals surface area (Å²) < 4.78 is 11.9. The maximum Gasteiger partial charge on any atom is 0.0704 e. The monoisotopic (exact) mass is 704 g/mol. The van der Waals surface area contributed by atoms with E-state index in [1.165, 1.54) is 31.8 Å². The van der Waals surface area contributed by atoms with Gasteiger partial charge in [0, 0.05) is 43.0 Å². The Morgan fingerprint density at radius 1 is 0.212 bits per heavy atom. The molecule has 4 heteroatoms. The summed E-state index contributed by atoms with van der Waals surface area (Å²) in [6.45, 7) is 0. The lowest BCUT2D eigenvalue weighted by Gasteiger charge is -2.28. The van der Waals surface area contributed by atoms with Crippen molar-refractivity contribution in [2.24, 2.45) is 9.49 Å². The lowest BCUT2D eigenvalue weighted by molar-refractivity contribution is 1.49. The fourth-order valence-corrected chi connectivity index (χ4v) is 14.1. The summed E-state index contributed by atoms with van der Waals surface area (Å²) in [5.41, 5.74) is 4.00. The van der Waals surface area contributed by atoms with Crippen molar-refractivity contribution in [2.45, 2.75) is 0 Å². The summed E-state index contributed by atoms with van der Waals surface area (Å²) >= 11 is 0. The van der Waals surface area contributed by atoms with Crippen LogP contribution < -0.4 is 31.8 Å². The van der Waals surface area contributed by atoms with Crippen LogP contribution in [0.2, 0.25) is 0 Å². The molecule has 0 aliphatic heterocycles. The molecule has 0 saturated carbocycles. The summed E-state index contributed by atoms with van der Waals surface area (Å²) in [6.07, 6.45) is 0. The summed E-state index contributed by atoms with van der Waals surface area (Å²) in [5, 5.41) is 7.26. The van der Waals surface area contributed by atoms with Crippen molar-refractivity contribution in [1.82, 2.24) is 0 Å². The minimum atomic E-state index is -2.52. The summed E-state index contributed by atoms with van der Waals surface area (Å²) in [6, 6.07) is 82.1. The summed E-state index contributed by atoms with van der Waals surface area (Å²) in [7, 11) is -5.04. The zero-order chi connectivity index (χ0) is 35.1. The van der Waals surface area contributed by atoms with Crippen LogP contribution in [0.3, 0.4) is 0 Å². The molecule has 52 heavy (non-hydrogen) atoms. The molecule has 0 aliphatic carbocycles. The van der Waals surface area contributed by atoms with Crippen LogP contribution in [0.15, 0.2) is 240 Å². The van der Waals surface area contributed by atoms with Gasteiger partial charge in [0.1, 0.15) is 0 Å². The van der Waals surface area contributed by atoms with Gasteiger partial charge in [-0.15, -0.1) is 0 Å². The fraction of sp³-hybridized carbons (Fsp3) is 0. The highest BCUT2D eigenvalue weighted by molar-refractivity contribution is 7.88. The first kappa shape index (κ1) is 33.4. The van der Waals surface area contributed by atoms with E-state index in [9.17, 15) is 0 Å². The van der Waals surface area contributed by atoms with Crippen LogP contribution in [-0.2, 0) is 0 Å². The number of hydrogen-bond acceptors (Lipinski definition) is 2. The van der Waals surface area contributed by atoms with Crippen LogP contribution in [-0.4, -0.2) is 0 Å². The maximum atomic E-state index is 5.97. The maximum absolute atomic E-state index is 5.97. The molecule has 0 N–H and O–H groups in total. The molecule has 8 aromatic carbocycles. The highest BCUT2D eigenvalue weighted by Gasteiger charge is 2.30. The SMILES string of the molecule is c1ccc(P(=Nc2ccccc2-c2ccccc2N=P(c2ccccc2)(c2ccccc2)c2ccccc2)(c2ccccc2)c2ccccc2)cc1. The van der Waals surface area contributed by atoms with Crippen LogP contribution >= 0.6 is 14.1 Å². The van der Waals surface area contributed by atoms with Crippen molar-refractivity contribution in [3.63, 3.8) is 0 Å². The van der Waals surface area contributed by atoms with Crippen molar-refractivity contribution < 1.29 is 0 Å². The Kier molecular flexibility index (Phi) is 9.77. The van der Waals surface area contributed by atoms with Crippen molar-refractivity contribution in [3.05, 3.63) is 231 Å². The molecule has 0 atom stereocenters. The Labute approximate surface area is 307 Å². The molecule has 0 spiro atoms. The van der Waals surface area contributed by atoms with E-state index in [2.05, 4.69) is 231 Å². The van der Waals surface area contributed by atoms with Gasteiger partial charge in [-0.1, -0.05) is 218 Å².